The van der Waals surface area contributed by atoms with E-state index in [-0.39, 0.29) is 11.5 Å². The fraction of sp³-hybridized carbons (Fsp3) is 0.176. The lowest BCUT2D eigenvalue weighted by atomic mass is 10.2. The number of anilines is 1. The van der Waals surface area contributed by atoms with Crippen molar-refractivity contribution >= 4 is 23.3 Å². The fourth-order valence-electron chi connectivity index (χ4n) is 1.99. The Kier molecular flexibility index (Phi) is 5.62. The number of carboxylic acids is 1. The van der Waals surface area contributed by atoms with E-state index in [1.54, 1.807) is 24.2 Å². The molecule has 0 heterocycles. The highest BCUT2D eigenvalue weighted by atomic mass is 16.4. The number of carbonyl (C=O) groups is 2. The zero-order valence-corrected chi connectivity index (χ0v) is 13.4. The lowest BCUT2D eigenvalue weighted by Gasteiger charge is -2.11. The minimum Gasteiger partial charge on any atom is -0.478 e. The third-order valence-electron chi connectivity index (χ3n) is 3.11. The Hall–Kier alpha value is -3.22. The largest absolute Gasteiger partial charge is 0.478 e. The molecule has 2 aromatic carbocycles. The van der Waals surface area contributed by atoms with Gasteiger partial charge in [-0.25, -0.2) is 4.79 Å². The first-order chi connectivity index (χ1) is 11.4. The van der Waals surface area contributed by atoms with E-state index >= 15 is 0 Å². The molecule has 0 atom stereocenters. The molecule has 0 aliphatic carbocycles. The summed E-state index contributed by atoms with van der Waals surface area (Å²) in [5.74, 6) is -1.08. The van der Waals surface area contributed by atoms with Crippen molar-refractivity contribution in [3.05, 3.63) is 59.7 Å². The van der Waals surface area contributed by atoms with Crippen LogP contribution in [0.3, 0.4) is 0 Å². The zero-order valence-electron chi connectivity index (χ0n) is 13.4. The Labute approximate surface area is 139 Å². The number of benzene rings is 2. The molecule has 0 bridgehead atoms. The van der Waals surface area contributed by atoms with Crippen molar-refractivity contribution in [1.82, 2.24) is 5.01 Å². The standard InChI is InChI=1S/C17H18N4O3/c1-12(22)18-15-7-3-13(4-8-15)11-21(2)20-19-16-9-5-14(6-10-16)17(23)24/h3-10H,11H2,1-2H3,(H,18,22)(H,23,24). The van der Waals surface area contributed by atoms with Crippen LogP contribution in [0.2, 0.25) is 0 Å². The summed E-state index contributed by atoms with van der Waals surface area (Å²) < 4.78 is 0. The van der Waals surface area contributed by atoms with Crippen LogP contribution in [-0.4, -0.2) is 29.0 Å². The first kappa shape index (κ1) is 17.1. The summed E-state index contributed by atoms with van der Waals surface area (Å²) in [5.41, 5.74) is 2.55. The van der Waals surface area contributed by atoms with Gasteiger partial charge in [-0.2, -0.15) is 0 Å². The van der Waals surface area contributed by atoms with E-state index < -0.39 is 5.97 Å². The van der Waals surface area contributed by atoms with Crippen LogP contribution in [0.1, 0.15) is 22.8 Å². The van der Waals surface area contributed by atoms with Gasteiger partial charge < -0.3 is 10.4 Å². The second-order valence-corrected chi connectivity index (χ2v) is 5.24. The number of carboxylic acid groups (broad SMARTS) is 1. The number of amides is 1. The highest BCUT2D eigenvalue weighted by Crippen LogP contribution is 2.15. The maximum absolute atomic E-state index is 11.0. The highest BCUT2D eigenvalue weighted by Gasteiger charge is 2.02. The Morgan fingerprint density at radius 2 is 1.71 bits per heavy atom. The van der Waals surface area contributed by atoms with Gasteiger partial charge in [-0.15, -0.1) is 5.11 Å². The smallest absolute Gasteiger partial charge is 0.335 e. The van der Waals surface area contributed by atoms with Crippen LogP contribution >= 0.6 is 0 Å². The van der Waals surface area contributed by atoms with Crippen LogP contribution in [0.5, 0.6) is 0 Å². The Morgan fingerprint density at radius 1 is 1.08 bits per heavy atom. The number of nitrogens with one attached hydrogen (secondary N) is 1. The average Bonchev–Trinajstić information content (AvgIpc) is 2.54. The highest BCUT2D eigenvalue weighted by molar-refractivity contribution is 5.88. The van der Waals surface area contributed by atoms with E-state index in [1.807, 2.05) is 24.3 Å². The van der Waals surface area contributed by atoms with E-state index in [9.17, 15) is 9.59 Å². The van der Waals surface area contributed by atoms with Crippen LogP contribution in [0, 0.1) is 0 Å². The summed E-state index contributed by atoms with van der Waals surface area (Å²) >= 11 is 0. The van der Waals surface area contributed by atoms with E-state index in [1.165, 1.54) is 19.1 Å². The summed E-state index contributed by atoms with van der Waals surface area (Å²) in [6, 6.07) is 13.6. The normalized spacial score (nSPS) is 10.6. The van der Waals surface area contributed by atoms with Gasteiger partial charge in [0.2, 0.25) is 5.91 Å². The van der Waals surface area contributed by atoms with E-state index in [0.29, 0.717) is 12.2 Å². The molecule has 124 valence electrons. The topological polar surface area (TPSA) is 94.4 Å². The Morgan fingerprint density at radius 3 is 2.25 bits per heavy atom. The summed E-state index contributed by atoms with van der Waals surface area (Å²) in [5, 5.41) is 21.4. The molecule has 0 aliphatic rings. The molecule has 2 aromatic rings. The molecule has 0 radical (unpaired) electrons. The molecule has 0 unspecified atom stereocenters. The number of nitrogens with zero attached hydrogens (tertiary/aromatic N) is 3. The van der Waals surface area contributed by atoms with Gasteiger partial charge in [0.25, 0.3) is 0 Å². The minimum absolute atomic E-state index is 0.109. The monoisotopic (exact) mass is 326 g/mol. The van der Waals surface area contributed by atoms with Crippen molar-refractivity contribution in [2.45, 2.75) is 13.5 Å². The maximum atomic E-state index is 11.0. The van der Waals surface area contributed by atoms with Crippen molar-refractivity contribution in [1.29, 1.82) is 0 Å². The van der Waals surface area contributed by atoms with Crippen LogP contribution in [-0.2, 0) is 11.3 Å². The molecule has 0 fully saturated rings. The second-order valence-electron chi connectivity index (χ2n) is 5.24. The predicted octanol–water partition coefficient (Wildman–Crippen LogP) is 3.47. The molecule has 0 saturated heterocycles. The van der Waals surface area contributed by atoms with Crippen LogP contribution in [0.25, 0.3) is 0 Å². The Balaban J connectivity index is 1.93. The lowest BCUT2D eigenvalue weighted by Crippen LogP contribution is -2.10. The first-order valence-corrected chi connectivity index (χ1v) is 7.27. The number of carbonyl (C=O) groups excluding carboxylic acids is 1. The molecule has 2 N–H and O–H groups in total. The fourth-order valence-corrected chi connectivity index (χ4v) is 1.99. The van der Waals surface area contributed by atoms with E-state index in [4.69, 9.17) is 5.11 Å². The van der Waals surface area contributed by atoms with Crippen molar-refractivity contribution in [3.63, 3.8) is 0 Å². The number of hydrogen-bond acceptors (Lipinski definition) is 4. The molecule has 1 amide bonds. The first-order valence-electron chi connectivity index (χ1n) is 7.27. The summed E-state index contributed by atoms with van der Waals surface area (Å²) in [4.78, 5) is 21.8. The summed E-state index contributed by atoms with van der Waals surface area (Å²) in [6.07, 6.45) is 0. The SMILES string of the molecule is CC(=O)Nc1ccc(CN(C)N=Nc2ccc(C(=O)O)cc2)cc1. The average molecular weight is 326 g/mol. The zero-order chi connectivity index (χ0) is 17.5. The van der Waals surface area contributed by atoms with Gasteiger partial charge in [0.15, 0.2) is 0 Å². The molecular weight excluding hydrogens is 308 g/mol. The van der Waals surface area contributed by atoms with E-state index in [0.717, 1.165) is 11.3 Å². The van der Waals surface area contributed by atoms with Gasteiger partial charge in [-0.05, 0) is 42.0 Å². The molecule has 0 saturated carbocycles. The molecule has 24 heavy (non-hydrogen) atoms. The van der Waals surface area contributed by atoms with Gasteiger partial charge in [-0.1, -0.05) is 17.4 Å². The van der Waals surface area contributed by atoms with Gasteiger partial charge in [0.1, 0.15) is 0 Å². The van der Waals surface area contributed by atoms with Gasteiger partial charge in [-0.3, -0.25) is 9.80 Å². The van der Waals surface area contributed by atoms with Crippen LogP contribution in [0.4, 0.5) is 11.4 Å². The summed E-state index contributed by atoms with van der Waals surface area (Å²) in [7, 11) is 1.79. The van der Waals surface area contributed by atoms with Crippen molar-refractivity contribution in [2.75, 3.05) is 12.4 Å². The quantitative estimate of drug-likeness (QED) is 0.627. The lowest BCUT2D eigenvalue weighted by molar-refractivity contribution is -0.114. The molecule has 0 spiro atoms. The molecule has 0 aromatic heterocycles. The third kappa shape index (κ3) is 5.20. The molecule has 2 rings (SSSR count). The number of rotatable bonds is 6. The minimum atomic E-state index is -0.974. The van der Waals surface area contributed by atoms with E-state index in [2.05, 4.69) is 15.7 Å². The van der Waals surface area contributed by atoms with Gasteiger partial charge in [0, 0.05) is 19.7 Å². The molecular formula is C17H18N4O3. The molecule has 7 nitrogen and oxygen atoms in total. The Bertz CT molecular complexity index is 739. The van der Waals surface area contributed by atoms with Crippen molar-refractivity contribution in [3.8, 4) is 0 Å². The van der Waals surface area contributed by atoms with Crippen molar-refractivity contribution < 1.29 is 14.7 Å². The van der Waals surface area contributed by atoms with Crippen LogP contribution in [0.15, 0.2) is 58.9 Å². The number of hydrogen-bond donors (Lipinski definition) is 2. The predicted molar refractivity (Wildman–Crippen MR) is 90.1 cm³/mol. The van der Waals surface area contributed by atoms with Gasteiger partial charge in [0.05, 0.1) is 17.8 Å². The molecule has 7 heteroatoms. The summed E-state index contributed by atoms with van der Waals surface area (Å²) in [6.45, 7) is 2.02. The van der Waals surface area contributed by atoms with Crippen molar-refractivity contribution in [2.24, 2.45) is 10.3 Å². The second kappa shape index (κ2) is 7.87. The maximum Gasteiger partial charge on any atom is 0.335 e. The number of aromatic carboxylic acids is 1. The van der Waals surface area contributed by atoms with Crippen LogP contribution < -0.4 is 5.32 Å². The third-order valence-corrected chi connectivity index (χ3v) is 3.11. The molecule has 0 aliphatic heterocycles. The van der Waals surface area contributed by atoms with Gasteiger partial charge >= 0.3 is 5.97 Å².